The minimum atomic E-state index is -0.315. The maximum absolute atomic E-state index is 12.0. The second-order valence-corrected chi connectivity index (χ2v) is 4.93. The van der Waals surface area contributed by atoms with Crippen LogP contribution in [-0.2, 0) is 0 Å². The average molecular weight is 263 g/mol. The molecule has 5 heteroatoms. The van der Waals surface area contributed by atoms with E-state index in [0.29, 0.717) is 19.6 Å². The van der Waals surface area contributed by atoms with E-state index < -0.39 is 0 Å². The van der Waals surface area contributed by atoms with Crippen molar-refractivity contribution in [1.82, 2.24) is 9.80 Å². The lowest BCUT2D eigenvalue weighted by atomic mass is 10.3. The van der Waals surface area contributed by atoms with Crippen molar-refractivity contribution >= 4 is 11.7 Å². The molecule has 0 spiro atoms. The number of aliphatic hydroxyl groups excluding tert-OH is 1. The van der Waals surface area contributed by atoms with Crippen LogP contribution in [0.4, 0.5) is 10.5 Å². The Labute approximate surface area is 113 Å². The van der Waals surface area contributed by atoms with E-state index in [0.717, 1.165) is 18.8 Å². The van der Waals surface area contributed by atoms with Gasteiger partial charge in [-0.2, -0.15) is 0 Å². The first-order chi connectivity index (χ1) is 9.15. The van der Waals surface area contributed by atoms with Gasteiger partial charge in [-0.15, -0.1) is 0 Å². The predicted octanol–water partition coefficient (Wildman–Crippen LogP) is 1.22. The maximum atomic E-state index is 12.0. The van der Waals surface area contributed by atoms with Crippen molar-refractivity contribution in [2.24, 2.45) is 0 Å². The molecule has 2 N–H and O–H groups in total. The highest BCUT2D eigenvalue weighted by atomic mass is 16.3. The number of carbonyl (C=O) groups is 1. The van der Waals surface area contributed by atoms with Crippen LogP contribution in [0.1, 0.15) is 6.92 Å². The Morgan fingerprint density at radius 1 is 1.26 bits per heavy atom. The van der Waals surface area contributed by atoms with Gasteiger partial charge in [-0.25, -0.2) is 4.79 Å². The quantitative estimate of drug-likeness (QED) is 0.862. The topological polar surface area (TPSA) is 55.8 Å². The Morgan fingerprint density at radius 2 is 1.89 bits per heavy atom. The molecule has 1 heterocycles. The van der Waals surface area contributed by atoms with Gasteiger partial charge >= 0.3 is 6.03 Å². The minimum absolute atomic E-state index is 0.0529. The lowest BCUT2D eigenvalue weighted by molar-refractivity contribution is 0.0924. The summed E-state index contributed by atoms with van der Waals surface area (Å²) in [6, 6.07) is 9.42. The average Bonchev–Trinajstić information content (AvgIpc) is 2.40. The van der Waals surface area contributed by atoms with Crippen molar-refractivity contribution in [3.05, 3.63) is 30.3 Å². The largest absolute Gasteiger partial charge is 0.392 e. The summed E-state index contributed by atoms with van der Waals surface area (Å²) in [6.45, 7) is 5.49. The molecule has 1 atom stereocenters. The monoisotopic (exact) mass is 263 g/mol. The lowest BCUT2D eigenvalue weighted by Crippen LogP contribution is -2.51. The summed E-state index contributed by atoms with van der Waals surface area (Å²) in [5, 5.41) is 12.2. The van der Waals surface area contributed by atoms with E-state index in [4.69, 9.17) is 0 Å². The molecule has 0 radical (unpaired) electrons. The SMILES string of the molecule is CC(O)CN1CCN(C(=O)Nc2ccccc2)CC1. The number of aliphatic hydroxyl groups is 1. The molecule has 1 aromatic rings. The third-order valence-electron chi connectivity index (χ3n) is 3.21. The van der Waals surface area contributed by atoms with E-state index in [1.54, 1.807) is 6.92 Å². The molecule has 2 amide bonds. The van der Waals surface area contributed by atoms with Crippen LogP contribution in [0.2, 0.25) is 0 Å². The number of amides is 2. The Morgan fingerprint density at radius 3 is 2.47 bits per heavy atom. The van der Waals surface area contributed by atoms with Gasteiger partial charge in [-0.3, -0.25) is 4.90 Å². The van der Waals surface area contributed by atoms with Gasteiger partial charge in [0.25, 0.3) is 0 Å². The van der Waals surface area contributed by atoms with Gasteiger partial charge in [0.2, 0.25) is 0 Å². The zero-order valence-corrected chi connectivity index (χ0v) is 11.2. The van der Waals surface area contributed by atoms with Crippen molar-refractivity contribution in [1.29, 1.82) is 0 Å². The van der Waals surface area contributed by atoms with E-state index in [2.05, 4.69) is 10.2 Å². The molecule has 1 unspecified atom stereocenters. The summed E-state index contributed by atoms with van der Waals surface area (Å²) in [4.78, 5) is 16.0. The molecule has 1 aliphatic rings. The highest BCUT2D eigenvalue weighted by Crippen LogP contribution is 2.09. The third-order valence-corrected chi connectivity index (χ3v) is 3.21. The van der Waals surface area contributed by atoms with Crippen LogP contribution in [0, 0.1) is 0 Å². The number of piperazine rings is 1. The molecule has 0 saturated carbocycles. The second kappa shape index (κ2) is 6.54. The number of nitrogens with one attached hydrogen (secondary N) is 1. The van der Waals surface area contributed by atoms with Gasteiger partial charge in [0, 0.05) is 38.4 Å². The summed E-state index contributed by atoms with van der Waals surface area (Å²) in [5.41, 5.74) is 0.818. The van der Waals surface area contributed by atoms with E-state index >= 15 is 0 Å². The number of β-amino-alcohol motifs (C(OH)–C–C–N with tert-alkyl or cyclic N) is 1. The Bertz CT molecular complexity index is 400. The molecule has 0 bridgehead atoms. The van der Waals surface area contributed by atoms with Crippen LogP contribution in [-0.4, -0.2) is 59.8 Å². The summed E-state index contributed by atoms with van der Waals surface area (Å²) in [7, 11) is 0. The summed E-state index contributed by atoms with van der Waals surface area (Å²) < 4.78 is 0. The second-order valence-electron chi connectivity index (χ2n) is 4.93. The highest BCUT2D eigenvalue weighted by molar-refractivity contribution is 5.89. The molecule has 5 nitrogen and oxygen atoms in total. The van der Waals surface area contributed by atoms with Crippen molar-refractivity contribution in [3.63, 3.8) is 0 Å². The van der Waals surface area contributed by atoms with E-state index in [1.807, 2.05) is 35.2 Å². The molecule has 2 rings (SSSR count). The molecular formula is C14H21N3O2. The summed E-state index contributed by atoms with van der Waals surface area (Å²) >= 11 is 0. The fourth-order valence-electron chi connectivity index (χ4n) is 2.23. The molecule has 104 valence electrons. The molecular weight excluding hydrogens is 242 g/mol. The van der Waals surface area contributed by atoms with E-state index in [-0.39, 0.29) is 12.1 Å². The number of benzene rings is 1. The van der Waals surface area contributed by atoms with Crippen molar-refractivity contribution in [3.8, 4) is 0 Å². The Balaban J connectivity index is 1.79. The first-order valence-electron chi connectivity index (χ1n) is 6.66. The number of para-hydroxylation sites is 1. The van der Waals surface area contributed by atoms with Gasteiger partial charge < -0.3 is 15.3 Å². The molecule has 0 aromatic heterocycles. The zero-order chi connectivity index (χ0) is 13.7. The first kappa shape index (κ1) is 13.8. The zero-order valence-electron chi connectivity index (χ0n) is 11.2. The van der Waals surface area contributed by atoms with Crippen LogP contribution in [0.25, 0.3) is 0 Å². The number of carbonyl (C=O) groups excluding carboxylic acids is 1. The number of hydrogen-bond donors (Lipinski definition) is 2. The van der Waals surface area contributed by atoms with E-state index in [1.165, 1.54) is 0 Å². The highest BCUT2D eigenvalue weighted by Gasteiger charge is 2.21. The fraction of sp³-hybridized carbons (Fsp3) is 0.500. The fourth-order valence-corrected chi connectivity index (χ4v) is 2.23. The standard InChI is InChI=1S/C14H21N3O2/c1-12(18)11-16-7-9-17(10-8-16)14(19)15-13-5-3-2-4-6-13/h2-6,12,18H,7-11H2,1H3,(H,15,19). The summed E-state index contributed by atoms with van der Waals surface area (Å²) in [6.07, 6.45) is -0.315. The van der Waals surface area contributed by atoms with Crippen molar-refractivity contribution in [2.45, 2.75) is 13.0 Å². The van der Waals surface area contributed by atoms with Gasteiger partial charge in [-0.05, 0) is 19.1 Å². The smallest absolute Gasteiger partial charge is 0.321 e. The number of rotatable bonds is 3. The predicted molar refractivity (Wildman–Crippen MR) is 75.2 cm³/mol. The van der Waals surface area contributed by atoms with Gasteiger partial charge in [0.05, 0.1) is 6.10 Å². The van der Waals surface area contributed by atoms with Gasteiger partial charge in [0.15, 0.2) is 0 Å². The first-order valence-corrected chi connectivity index (χ1v) is 6.66. The lowest BCUT2D eigenvalue weighted by Gasteiger charge is -2.35. The van der Waals surface area contributed by atoms with Crippen molar-refractivity contribution < 1.29 is 9.90 Å². The van der Waals surface area contributed by atoms with Gasteiger partial charge in [0.1, 0.15) is 0 Å². The van der Waals surface area contributed by atoms with Crippen LogP contribution in [0.5, 0.6) is 0 Å². The van der Waals surface area contributed by atoms with Gasteiger partial charge in [-0.1, -0.05) is 18.2 Å². The number of nitrogens with zero attached hydrogens (tertiary/aromatic N) is 2. The molecule has 1 aliphatic heterocycles. The number of hydrogen-bond acceptors (Lipinski definition) is 3. The van der Waals surface area contributed by atoms with Crippen molar-refractivity contribution in [2.75, 3.05) is 38.0 Å². The normalized spacial score (nSPS) is 18.1. The van der Waals surface area contributed by atoms with E-state index in [9.17, 15) is 9.90 Å². The molecule has 1 fully saturated rings. The minimum Gasteiger partial charge on any atom is -0.392 e. The molecule has 1 aromatic carbocycles. The Kier molecular flexibility index (Phi) is 4.76. The summed E-state index contributed by atoms with van der Waals surface area (Å²) in [5.74, 6) is 0. The molecule has 19 heavy (non-hydrogen) atoms. The number of anilines is 1. The van der Waals surface area contributed by atoms with Crippen LogP contribution >= 0.6 is 0 Å². The van der Waals surface area contributed by atoms with Crippen LogP contribution in [0.15, 0.2) is 30.3 Å². The maximum Gasteiger partial charge on any atom is 0.321 e. The molecule has 0 aliphatic carbocycles. The van der Waals surface area contributed by atoms with Crippen LogP contribution in [0.3, 0.4) is 0 Å². The third kappa shape index (κ3) is 4.22. The Hall–Kier alpha value is -1.59. The van der Waals surface area contributed by atoms with Crippen LogP contribution < -0.4 is 5.32 Å². The number of urea groups is 1. The molecule has 1 saturated heterocycles.